The van der Waals surface area contributed by atoms with Gasteiger partial charge in [-0.25, -0.2) is 4.99 Å². The van der Waals surface area contributed by atoms with Crippen molar-refractivity contribution in [1.29, 1.82) is 0 Å². The Morgan fingerprint density at radius 3 is 2.71 bits per heavy atom. The Hall–Kier alpha value is -1.89. The molecule has 0 atom stereocenters. The van der Waals surface area contributed by atoms with Crippen LogP contribution >= 0.6 is 15.9 Å². The number of nitrogens with one attached hydrogen (secondary N) is 2. The number of benzene rings is 1. The van der Waals surface area contributed by atoms with Gasteiger partial charge in [-0.15, -0.1) is 10.2 Å². The fraction of sp³-hybridized carbons (Fsp3) is 0.571. The van der Waals surface area contributed by atoms with Gasteiger partial charge in [0.25, 0.3) is 0 Å². The summed E-state index contributed by atoms with van der Waals surface area (Å²) in [6, 6.07) is 9.22. The Morgan fingerprint density at radius 1 is 1.29 bits per heavy atom. The van der Waals surface area contributed by atoms with Crippen molar-refractivity contribution in [2.45, 2.75) is 63.5 Å². The topological polar surface area (TPSA) is 67.1 Å². The Labute approximate surface area is 175 Å². The first-order chi connectivity index (χ1) is 13.6. The molecule has 1 aromatic heterocycles. The first kappa shape index (κ1) is 19.4. The van der Waals surface area contributed by atoms with E-state index in [0.717, 1.165) is 28.6 Å². The van der Waals surface area contributed by atoms with E-state index in [0.29, 0.717) is 12.6 Å². The van der Waals surface area contributed by atoms with E-state index in [-0.39, 0.29) is 5.41 Å². The van der Waals surface area contributed by atoms with Crippen molar-refractivity contribution >= 4 is 21.9 Å². The normalized spacial score (nSPS) is 19.0. The predicted octanol–water partition coefficient (Wildman–Crippen LogP) is 3.60. The summed E-state index contributed by atoms with van der Waals surface area (Å²) in [6.45, 7) is 3.40. The third-order valence-electron chi connectivity index (χ3n) is 6.14. The average Bonchev–Trinajstić information content (AvgIpc) is 3.19. The van der Waals surface area contributed by atoms with Gasteiger partial charge in [-0.05, 0) is 50.3 Å². The molecule has 0 bridgehead atoms. The molecule has 2 fully saturated rings. The van der Waals surface area contributed by atoms with Crippen molar-refractivity contribution in [3.63, 3.8) is 0 Å². The highest BCUT2D eigenvalue weighted by Crippen LogP contribution is 2.48. The lowest BCUT2D eigenvalue weighted by Gasteiger charge is -2.22. The lowest BCUT2D eigenvalue weighted by atomic mass is 9.96. The number of hydrogen-bond acceptors (Lipinski definition) is 3. The van der Waals surface area contributed by atoms with E-state index in [2.05, 4.69) is 61.0 Å². The van der Waals surface area contributed by atoms with Crippen molar-refractivity contribution in [2.24, 2.45) is 12.0 Å². The highest BCUT2D eigenvalue weighted by molar-refractivity contribution is 9.10. The molecule has 2 N–H and O–H groups in total. The van der Waals surface area contributed by atoms with E-state index < -0.39 is 0 Å². The third kappa shape index (κ3) is 4.40. The summed E-state index contributed by atoms with van der Waals surface area (Å²) >= 11 is 3.61. The fourth-order valence-corrected chi connectivity index (χ4v) is 4.34. The number of aliphatic imine (C=N–C) groups is 1. The highest BCUT2D eigenvalue weighted by atomic mass is 79.9. The molecule has 0 amide bonds. The minimum Gasteiger partial charge on any atom is -0.355 e. The van der Waals surface area contributed by atoms with Crippen LogP contribution in [-0.2, 0) is 19.0 Å². The molecule has 28 heavy (non-hydrogen) atoms. The second kappa shape index (κ2) is 8.23. The van der Waals surface area contributed by atoms with Crippen molar-refractivity contribution in [2.75, 3.05) is 6.54 Å². The number of aryl methyl sites for hydroxylation is 1. The van der Waals surface area contributed by atoms with Crippen LogP contribution in [0.1, 0.15) is 55.7 Å². The molecular formula is C21H29BrN6. The maximum absolute atomic E-state index is 4.84. The zero-order valence-corrected chi connectivity index (χ0v) is 18.3. The maximum Gasteiger partial charge on any atom is 0.191 e. The molecule has 2 saturated carbocycles. The molecular weight excluding hydrogens is 416 g/mol. The van der Waals surface area contributed by atoms with E-state index >= 15 is 0 Å². The summed E-state index contributed by atoms with van der Waals surface area (Å²) in [7, 11) is 1.99. The van der Waals surface area contributed by atoms with Crippen LogP contribution in [0, 0.1) is 6.92 Å². The van der Waals surface area contributed by atoms with Crippen LogP contribution in [0.4, 0.5) is 0 Å². The van der Waals surface area contributed by atoms with Crippen LogP contribution in [-0.4, -0.2) is 33.3 Å². The summed E-state index contributed by atoms with van der Waals surface area (Å²) in [4.78, 5) is 4.84. The highest BCUT2D eigenvalue weighted by Gasteiger charge is 2.44. The molecule has 6 nitrogen and oxygen atoms in total. The van der Waals surface area contributed by atoms with Crippen molar-refractivity contribution < 1.29 is 0 Å². The monoisotopic (exact) mass is 444 g/mol. The maximum atomic E-state index is 4.84. The molecule has 0 spiro atoms. The molecule has 150 valence electrons. The fourth-order valence-electron chi connectivity index (χ4n) is 3.94. The lowest BCUT2D eigenvalue weighted by Crippen LogP contribution is -2.45. The van der Waals surface area contributed by atoms with Crippen LogP contribution in [0.5, 0.6) is 0 Å². The van der Waals surface area contributed by atoms with Crippen LogP contribution < -0.4 is 10.6 Å². The molecule has 4 rings (SSSR count). The van der Waals surface area contributed by atoms with Gasteiger partial charge in [-0.1, -0.05) is 40.9 Å². The number of rotatable bonds is 6. The van der Waals surface area contributed by atoms with E-state index in [1.807, 2.05) is 18.5 Å². The van der Waals surface area contributed by atoms with E-state index in [1.54, 1.807) is 0 Å². The Morgan fingerprint density at radius 2 is 2.07 bits per heavy atom. The largest absolute Gasteiger partial charge is 0.355 e. The quantitative estimate of drug-likeness (QED) is 0.527. The van der Waals surface area contributed by atoms with E-state index in [1.165, 1.54) is 44.1 Å². The van der Waals surface area contributed by atoms with Gasteiger partial charge in [0.15, 0.2) is 11.8 Å². The molecule has 2 aliphatic carbocycles. The number of aromatic nitrogens is 3. The Bertz CT molecular complexity index is 848. The minimum atomic E-state index is 0.225. The molecule has 2 aromatic rings. The van der Waals surface area contributed by atoms with Crippen molar-refractivity contribution in [3.8, 4) is 0 Å². The summed E-state index contributed by atoms with van der Waals surface area (Å²) in [5.41, 5.74) is 1.63. The van der Waals surface area contributed by atoms with Crippen molar-refractivity contribution in [1.82, 2.24) is 25.4 Å². The van der Waals surface area contributed by atoms with Gasteiger partial charge < -0.3 is 15.2 Å². The average molecular weight is 445 g/mol. The lowest BCUT2D eigenvalue weighted by molar-refractivity contribution is 0.590. The van der Waals surface area contributed by atoms with Gasteiger partial charge in [-0.2, -0.15) is 0 Å². The van der Waals surface area contributed by atoms with Gasteiger partial charge in [0.2, 0.25) is 0 Å². The van der Waals surface area contributed by atoms with Gasteiger partial charge in [0, 0.05) is 29.5 Å². The second-order valence-corrected chi connectivity index (χ2v) is 9.07. The third-order valence-corrected chi connectivity index (χ3v) is 6.64. The molecule has 0 aliphatic heterocycles. The Kier molecular flexibility index (Phi) is 5.71. The van der Waals surface area contributed by atoms with Gasteiger partial charge in [-0.3, -0.25) is 0 Å². The summed E-state index contributed by atoms with van der Waals surface area (Å²) in [5.74, 6) is 2.70. The minimum absolute atomic E-state index is 0.225. The van der Waals surface area contributed by atoms with E-state index in [9.17, 15) is 0 Å². The van der Waals surface area contributed by atoms with Crippen LogP contribution in [0.2, 0.25) is 0 Å². The van der Waals surface area contributed by atoms with Crippen LogP contribution in [0.25, 0.3) is 0 Å². The number of nitrogens with zero attached hydrogens (tertiary/aromatic N) is 4. The zero-order chi connectivity index (χ0) is 19.6. The van der Waals surface area contributed by atoms with E-state index in [4.69, 9.17) is 4.99 Å². The summed E-state index contributed by atoms with van der Waals surface area (Å²) in [6.07, 6.45) is 7.48. The second-order valence-electron chi connectivity index (χ2n) is 8.16. The van der Waals surface area contributed by atoms with Gasteiger partial charge >= 0.3 is 0 Å². The smallest absolute Gasteiger partial charge is 0.191 e. The predicted molar refractivity (Wildman–Crippen MR) is 115 cm³/mol. The molecule has 1 aromatic carbocycles. The number of guanidine groups is 1. The molecule has 7 heteroatoms. The zero-order valence-electron chi connectivity index (χ0n) is 16.7. The number of halogens is 1. The standard InChI is InChI=1S/C21H29BrN6/c1-15-26-27-19(28(15)2)13-23-20(25-18-8-3-4-9-18)24-14-21(10-11-21)16-6-5-7-17(22)12-16/h5-7,12,18H,3-4,8-11,13-14H2,1-2H3,(H2,23,24,25). The number of hydrogen-bond donors (Lipinski definition) is 2. The van der Waals surface area contributed by atoms with Crippen molar-refractivity contribution in [3.05, 3.63) is 46.0 Å². The molecule has 2 aliphatic rings. The molecule has 0 saturated heterocycles. The molecule has 1 heterocycles. The van der Waals surface area contributed by atoms with Gasteiger partial charge in [0.05, 0.1) is 0 Å². The van der Waals surface area contributed by atoms with Crippen LogP contribution in [0.3, 0.4) is 0 Å². The van der Waals surface area contributed by atoms with Gasteiger partial charge in [0.1, 0.15) is 12.4 Å². The SMILES string of the molecule is Cc1nnc(CN=C(NCC2(c3cccc(Br)c3)CC2)NC2CCCC2)n1C. The van der Waals surface area contributed by atoms with Crippen LogP contribution in [0.15, 0.2) is 33.7 Å². The molecule has 0 radical (unpaired) electrons. The first-order valence-electron chi connectivity index (χ1n) is 10.2. The molecule has 0 unspecified atom stereocenters. The first-order valence-corrected chi connectivity index (χ1v) is 11.0. The summed E-state index contributed by atoms with van der Waals surface area (Å²) in [5, 5.41) is 15.7. The Balaban J connectivity index is 1.45. The summed E-state index contributed by atoms with van der Waals surface area (Å²) < 4.78 is 3.15.